The van der Waals surface area contributed by atoms with Gasteiger partial charge in [0, 0.05) is 23.7 Å². The second kappa shape index (κ2) is 8.91. The summed E-state index contributed by atoms with van der Waals surface area (Å²) < 4.78 is 3.08. The molecule has 1 fully saturated rings. The molecule has 1 unspecified atom stereocenters. The second-order valence-electron chi connectivity index (χ2n) is 4.02. The van der Waals surface area contributed by atoms with Crippen molar-refractivity contribution >= 4 is 17.8 Å². The van der Waals surface area contributed by atoms with Crippen LogP contribution in [0.3, 0.4) is 0 Å². The molecule has 1 aromatic rings. The van der Waals surface area contributed by atoms with Crippen LogP contribution < -0.4 is 15.8 Å². The van der Waals surface area contributed by atoms with Crippen molar-refractivity contribution in [1.82, 2.24) is 15.0 Å². The van der Waals surface area contributed by atoms with E-state index in [-0.39, 0.29) is 5.84 Å². The molecule has 2 heterocycles. The summed E-state index contributed by atoms with van der Waals surface area (Å²) in [5.74, 6) is 2.24. The molecule has 0 aromatic carbocycles. The molecule has 1 aliphatic rings. The number of nitrogens with one attached hydrogen (secondary N) is 3. The summed E-state index contributed by atoms with van der Waals surface area (Å²) in [7, 11) is 1.98. The lowest BCUT2D eigenvalue weighted by atomic mass is 10.2. The van der Waals surface area contributed by atoms with E-state index in [9.17, 15) is 0 Å². The summed E-state index contributed by atoms with van der Waals surface area (Å²) in [5, 5.41) is 10.3. The molecular weight excluding hydrogens is 246 g/mol. The molecule has 5 nitrogen and oxygen atoms in total. The third-order valence-corrected chi connectivity index (χ3v) is 3.54. The molecule has 100 valence electrons. The van der Waals surface area contributed by atoms with E-state index in [2.05, 4.69) is 15.0 Å². The summed E-state index contributed by atoms with van der Waals surface area (Å²) >= 11 is 1.82. The Labute approximate surface area is 113 Å². The fourth-order valence-electron chi connectivity index (χ4n) is 1.59. The number of hydrogen-bond acceptors (Lipinski definition) is 5. The quantitative estimate of drug-likeness (QED) is 0.369. The van der Waals surface area contributed by atoms with Gasteiger partial charge >= 0.3 is 0 Å². The van der Waals surface area contributed by atoms with Gasteiger partial charge in [-0.25, -0.2) is 0 Å². The Hall–Kier alpha value is -1.11. The highest BCUT2D eigenvalue weighted by Gasteiger charge is 2.13. The van der Waals surface area contributed by atoms with E-state index < -0.39 is 0 Å². The highest BCUT2D eigenvalue weighted by molar-refractivity contribution is 7.97. The van der Waals surface area contributed by atoms with Gasteiger partial charge in [-0.05, 0) is 44.6 Å². The largest absolute Gasteiger partial charge is 0.384 e. The molecule has 0 aliphatic carbocycles. The van der Waals surface area contributed by atoms with Gasteiger partial charge in [0.1, 0.15) is 5.84 Å². The highest BCUT2D eigenvalue weighted by Crippen LogP contribution is 2.11. The Kier molecular flexibility index (Phi) is 7.40. The number of hydrogen-bond donors (Lipinski definition) is 4. The zero-order valence-electron chi connectivity index (χ0n) is 10.6. The minimum atomic E-state index is 0.0809. The standard InChI is InChI=1S/C6H7N3.C6H14N2S/c7-6(8)5-1-3-9-4-2-5;1-7-9-5-6-2-3-8-4-6/h1-4H,(H3,7,8);6-8H,2-5H2,1H3. The predicted molar refractivity (Wildman–Crippen MR) is 77.7 cm³/mol. The molecule has 6 heteroatoms. The number of pyridine rings is 1. The van der Waals surface area contributed by atoms with Crippen molar-refractivity contribution in [3.8, 4) is 0 Å². The smallest absolute Gasteiger partial charge is 0.122 e. The van der Waals surface area contributed by atoms with E-state index in [0.29, 0.717) is 5.56 Å². The van der Waals surface area contributed by atoms with Crippen LogP contribution >= 0.6 is 11.9 Å². The molecular formula is C12H21N5S. The minimum Gasteiger partial charge on any atom is -0.384 e. The van der Waals surface area contributed by atoms with Crippen molar-refractivity contribution in [2.75, 3.05) is 25.9 Å². The van der Waals surface area contributed by atoms with E-state index in [1.54, 1.807) is 24.5 Å². The first-order valence-electron chi connectivity index (χ1n) is 5.97. The van der Waals surface area contributed by atoms with Crippen LogP contribution in [0, 0.1) is 11.3 Å². The summed E-state index contributed by atoms with van der Waals surface area (Å²) in [6.07, 6.45) is 4.57. The van der Waals surface area contributed by atoms with Crippen molar-refractivity contribution in [1.29, 1.82) is 5.41 Å². The number of nitrogen functional groups attached to an aromatic ring is 1. The SMILES string of the molecule is CNSCC1CCNC1.N=C(N)c1ccncc1. The number of rotatable bonds is 4. The van der Waals surface area contributed by atoms with Gasteiger partial charge in [0.15, 0.2) is 0 Å². The van der Waals surface area contributed by atoms with Gasteiger partial charge in [-0.15, -0.1) is 0 Å². The highest BCUT2D eigenvalue weighted by atomic mass is 32.2. The normalized spacial score (nSPS) is 17.9. The molecule has 18 heavy (non-hydrogen) atoms. The average Bonchev–Trinajstić information content (AvgIpc) is 2.91. The lowest BCUT2D eigenvalue weighted by molar-refractivity contribution is 0.662. The maximum Gasteiger partial charge on any atom is 0.122 e. The summed E-state index contributed by atoms with van der Waals surface area (Å²) in [5.41, 5.74) is 5.88. The van der Waals surface area contributed by atoms with E-state index in [1.807, 2.05) is 19.0 Å². The summed E-state index contributed by atoms with van der Waals surface area (Å²) in [6.45, 7) is 2.43. The third kappa shape index (κ3) is 6.00. The van der Waals surface area contributed by atoms with Crippen LogP contribution in [0.2, 0.25) is 0 Å². The number of nitrogens with zero attached hydrogens (tertiary/aromatic N) is 1. The van der Waals surface area contributed by atoms with Gasteiger partial charge in [-0.3, -0.25) is 15.1 Å². The van der Waals surface area contributed by atoms with Crippen molar-refractivity contribution in [3.05, 3.63) is 30.1 Å². The monoisotopic (exact) mass is 267 g/mol. The fourth-order valence-corrected chi connectivity index (χ4v) is 2.28. The lowest BCUT2D eigenvalue weighted by Gasteiger charge is -2.04. The van der Waals surface area contributed by atoms with E-state index >= 15 is 0 Å². The molecule has 0 radical (unpaired) electrons. The lowest BCUT2D eigenvalue weighted by Crippen LogP contribution is -2.11. The van der Waals surface area contributed by atoms with E-state index in [0.717, 1.165) is 5.92 Å². The molecule has 1 saturated heterocycles. The van der Waals surface area contributed by atoms with Crippen LogP contribution in [0.4, 0.5) is 0 Å². The Morgan fingerprint density at radius 2 is 2.33 bits per heavy atom. The van der Waals surface area contributed by atoms with Gasteiger partial charge in [-0.2, -0.15) is 0 Å². The topological polar surface area (TPSA) is 86.8 Å². The maximum atomic E-state index is 6.99. The molecule has 1 aliphatic heterocycles. The van der Waals surface area contributed by atoms with Crippen LogP contribution in [-0.2, 0) is 0 Å². The number of amidine groups is 1. The summed E-state index contributed by atoms with van der Waals surface area (Å²) in [4.78, 5) is 3.78. The van der Waals surface area contributed by atoms with Crippen molar-refractivity contribution in [3.63, 3.8) is 0 Å². The van der Waals surface area contributed by atoms with Crippen LogP contribution in [0.25, 0.3) is 0 Å². The Morgan fingerprint density at radius 1 is 1.61 bits per heavy atom. The zero-order chi connectivity index (χ0) is 13.2. The Bertz CT molecular complexity index is 338. The molecule has 0 amide bonds. The first-order chi connectivity index (χ1) is 8.74. The number of nitrogens with two attached hydrogens (primary N) is 1. The second-order valence-corrected chi connectivity index (χ2v) is 5.05. The zero-order valence-corrected chi connectivity index (χ0v) is 11.5. The number of aromatic nitrogens is 1. The summed E-state index contributed by atoms with van der Waals surface area (Å²) in [6, 6.07) is 3.39. The van der Waals surface area contributed by atoms with Gasteiger partial charge in [0.2, 0.25) is 0 Å². The average molecular weight is 267 g/mol. The molecule has 0 bridgehead atoms. The van der Waals surface area contributed by atoms with E-state index in [4.69, 9.17) is 11.1 Å². The third-order valence-electron chi connectivity index (χ3n) is 2.62. The van der Waals surface area contributed by atoms with Gasteiger partial charge in [-0.1, -0.05) is 11.9 Å². The van der Waals surface area contributed by atoms with E-state index in [1.165, 1.54) is 25.3 Å². The Balaban J connectivity index is 0.000000180. The van der Waals surface area contributed by atoms with Crippen LogP contribution in [0.1, 0.15) is 12.0 Å². The van der Waals surface area contributed by atoms with Crippen molar-refractivity contribution in [2.24, 2.45) is 11.7 Å². The first-order valence-corrected chi connectivity index (χ1v) is 6.96. The fraction of sp³-hybridized carbons (Fsp3) is 0.500. The minimum absolute atomic E-state index is 0.0809. The first kappa shape index (κ1) is 14.9. The van der Waals surface area contributed by atoms with Crippen LogP contribution in [-0.4, -0.2) is 36.7 Å². The maximum absolute atomic E-state index is 6.99. The van der Waals surface area contributed by atoms with Crippen LogP contribution in [0.5, 0.6) is 0 Å². The van der Waals surface area contributed by atoms with Crippen molar-refractivity contribution in [2.45, 2.75) is 6.42 Å². The molecule has 0 saturated carbocycles. The van der Waals surface area contributed by atoms with Gasteiger partial charge < -0.3 is 11.1 Å². The molecule has 1 aromatic heterocycles. The molecule has 2 rings (SSSR count). The molecule has 0 spiro atoms. The van der Waals surface area contributed by atoms with Crippen molar-refractivity contribution < 1.29 is 0 Å². The van der Waals surface area contributed by atoms with Gasteiger partial charge in [0.25, 0.3) is 0 Å². The van der Waals surface area contributed by atoms with Gasteiger partial charge in [0.05, 0.1) is 0 Å². The van der Waals surface area contributed by atoms with Crippen LogP contribution in [0.15, 0.2) is 24.5 Å². The molecule has 1 atom stereocenters. The predicted octanol–water partition coefficient (Wildman–Crippen LogP) is 0.829. The molecule has 5 N–H and O–H groups in total. The Morgan fingerprint density at radius 3 is 2.78 bits per heavy atom.